The number of hydrogen-bond donors (Lipinski definition) is 2. The van der Waals surface area contributed by atoms with Gasteiger partial charge in [-0.05, 0) is 30.0 Å². The Labute approximate surface area is 151 Å². The molecule has 0 aliphatic carbocycles. The van der Waals surface area contributed by atoms with Crippen LogP contribution in [0.15, 0.2) is 41.8 Å². The average molecular weight is 362 g/mol. The maximum atomic E-state index is 11.7. The van der Waals surface area contributed by atoms with E-state index in [1.165, 1.54) is 11.3 Å². The van der Waals surface area contributed by atoms with Crippen molar-refractivity contribution in [1.29, 1.82) is 0 Å². The van der Waals surface area contributed by atoms with E-state index in [0.717, 1.165) is 5.75 Å². The van der Waals surface area contributed by atoms with E-state index >= 15 is 0 Å². The molecule has 6 nitrogen and oxygen atoms in total. The molecule has 0 aliphatic heterocycles. The molecule has 0 radical (unpaired) electrons. The summed E-state index contributed by atoms with van der Waals surface area (Å²) in [6, 6.07) is 10.9. The van der Waals surface area contributed by atoms with Crippen molar-refractivity contribution in [2.24, 2.45) is 0 Å². The molecule has 0 fully saturated rings. The number of ether oxygens (including phenoxy) is 2. The molecule has 1 aromatic carbocycles. The van der Waals surface area contributed by atoms with E-state index in [-0.39, 0.29) is 11.8 Å². The van der Waals surface area contributed by atoms with Crippen LogP contribution in [0.5, 0.6) is 11.5 Å². The average Bonchev–Trinajstić information content (AvgIpc) is 3.17. The number of rotatable bonds is 10. The number of thiophene rings is 1. The molecule has 0 unspecified atom stereocenters. The zero-order chi connectivity index (χ0) is 17.9. The van der Waals surface area contributed by atoms with Gasteiger partial charge < -0.3 is 20.1 Å². The van der Waals surface area contributed by atoms with Crippen LogP contribution in [0.2, 0.25) is 0 Å². The first-order valence-electron chi connectivity index (χ1n) is 8.04. The van der Waals surface area contributed by atoms with Crippen molar-refractivity contribution in [3.63, 3.8) is 0 Å². The lowest BCUT2D eigenvalue weighted by molar-refractivity contribution is -0.121. The number of methoxy groups -OCH3 is 1. The van der Waals surface area contributed by atoms with Gasteiger partial charge in [-0.25, -0.2) is 0 Å². The Morgan fingerprint density at radius 3 is 2.68 bits per heavy atom. The number of amides is 2. The van der Waals surface area contributed by atoms with E-state index < -0.39 is 0 Å². The van der Waals surface area contributed by atoms with E-state index in [9.17, 15) is 9.59 Å². The third-order valence-electron chi connectivity index (χ3n) is 3.35. The first-order valence-corrected chi connectivity index (χ1v) is 8.92. The summed E-state index contributed by atoms with van der Waals surface area (Å²) >= 11 is 1.40. The molecular formula is C18H22N2O4S. The predicted octanol–water partition coefficient (Wildman–Crippen LogP) is 2.46. The van der Waals surface area contributed by atoms with Gasteiger partial charge in [0.05, 0.1) is 18.5 Å². The number of carbonyl (C=O) groups excluding carboxylic acids is 2. The Bertz CT molecular complexity index is 673. The highest BCUT2D eigenvalue weighted by Gasteiger charge is 2.06. The molecular weight excluding hydrogens is 340 g/mol. The smallest absolute Gasteiger partial charge is 0.261 e. The summed E-state index contributed by atoms with van der Waals surface area (Å²) in [6.45, 7) is 1.29. The molecule has 0 atom stereocenters. The highest BCUT2D eigenvalue weighted by Crippen LogP contribution is 2.18. The SMILES string of the molecule is COc1cccc(OCCNC(=O)CCCNC(=O)c2cccs2)c1. The second-order valence-corrected chi connectivity index (χ2v) is 6.16. The minimum absolute atomic E-state index is 0.0559. The molecule has 0 aliphatic rings. The van der Waals surface area contributed by atoms with Gasteiger partial charge in [0.15, 0.2) is 0 Å². The standard InChI is InChI=1S/C18H22N2O4S/c1-23-14-5-2-6-15(13-14)24-11-10-19-17(21)8-3-9-20-18(22)16-7-4-12-25-16/h2,4-7,12-13H,3,8-11H2,1H3,(H,19,21)(H,20,22). The monoisotopic (exact) mass is 362 g/mol. The van der Waals surface area contributed by atoms with Crippen LogP contribution in [0.4, 0.5) is 0 Å². The van der Waals surface area contributed by atoms with Crippen molar-refractivity contribution >= 4 is 23.2 Å². The van der Waals surface area contributed by atoms with Crippen molar-refractivity contribution in [2.45, 2.75) is 12.8 Å². The van der Waals surface area contributed by atoms with Crippen LogP contribution in [-0.4, -0.2) is 38.6 Å². The van der Waals surface area contributed by atoms with Crippen LogP contribution < -0.4 is 20.1 Å². The molecule has 0 saturated heterocycles. The molecule has 2 aromatic rings. The quantitative estimate of drug-likeness (QED) is 0.637. The highest BCUT2D eigenvalue weighted by atomic mass is 32.1. The van der Waals surface area contributed by atoms with Crippen molar-refractivity contribution in [3.8, 4) is 11.5 Å². The molecule has 7 heteroatoms. The van der Waals surface area contributed by atoms with Gasteiger partial charge in [0.1, 0.15) is 18.1 Å². The van der Waals surface area contributed by atoms with Crippen molar-refractivity contribution in [1.82, 2.24) is 10.6 Å². The van der Waals surface area contributed by atoms with Crippen LogP contribution in [-0.2, 0) is 4.79 Å². The fourth-order valence-corrected chi connectivity index (χ4v) is 2.72. The van der Waals surface area contributed by atoms with E-state index in [2.05, 4.69) is 10.6 Å². The van der Waals surface area contributed by atoms with Crippen LogP contribution in [0.25, 0.3) is 0 Å². The molecule has 2 amide bonds. The zero-order valence-electron chi connectivity index (χ0n) is 14.1. The summed E-state index contributed by atoms with van der Waals surface area (Å²) in [5.74, 6) is 1.28. The first-order chi connectivity index (χ1) is 12.2. The molecule has 25 heavy (non-hydrogen) atoms. The van der Waals surface area contributed by atoms with E-state index in [1.54, 1.807) is 19.2 Å². The molecule has 134 valence electrons. The van der Waals surface area contributed by atoms with Gasteiger partial charge in [-0.15, -0.1) is 11.3 Å². The summed E-state index contributed by atoms with van der Waals surface area (Å²) in [5.41, 5.74) is 0. The highest BCUT2D eigenvalue weighted by molar-refractivity contribution is 7.12. The van der Waals surface area contributed by atoms with Gasteiger partial charge in [0.25, 0.3) is 5.91 Å². The molecule has 2 N–H and O–H groups in total. The topological polar surface area (TPSA) is 76.7 Å². The lowest BCUT2D eigenvalue weighted by atomic mass is 10.3. The Morgan fingerprint density at radius 1 is 1.08 bits per heavy atom. The van der Waals surface area contributed by atoms with Gasteiger partial charge >= 0.3 is 0 Å². The van der Waals surface area contributed by atoms with Crippen LogP contribution in [0, 0.1) is 0 Å². The maximum Gasteiger partial charge on any atom is 0.261 e. The Hall–Kier alpha value is -2.54. The lowest BCUT2D eigenvalue weighted by Gasteiger charge is -2.09. The largest absolute Gasteiger partial charge is 0.497 e. The summed E-state index contributed by atoms with van der Waals surface area (Å²) in [5, 5.41) is 7.44. The fraction of sp³-hybridized carbons (Fsp3) is 0.333. The fourth-order valence-electron chi connectivity index (χ4n) is 2.08. The summed E-state index contributed by atoms with van der Waals surface area (Å²) in [4.78, 5) is 24.1. The second-order valence-electron chi connectivity index (χ2n) is 5.21. The molecule has 1 heterocycles. The summed E-state index contributed by atoms with van der Waals surface area (Å²) in [6.07, 6.45) is 0.962. The van der Waals surface area contributed by atoms with Gasteiger partial charge in [-0.2, -0.15) is 0 Å². The normalized spacial score (nSPS) is 10.1. The van der Waals surface area contributed by atoms with Crippen LogP contribution in [0.1, 0.15) is 22.5 Å². The van der Waals surface area contributed by atoms with Crippen molar-refractivity contribution in [2.75, 3.05) is 26.8 Å². The molecule has 2 rings (SSSR count). The first kappa shape index (κ1) is 18.8. The van der Waals surface area contributed by atoms with E-state index in [1.807, 2.05) is 29.6 Å². The Kier molecular flexibility index (Phi) is 7.78. The van der Waals surface area contributed by atoms with Gasteiger partial charge in [0, 0.05) is 19.0 Å². The number of benzene rings is 1. The summed E-state index contributed by atoms with van der Waals surface area (Å²) < 4.78 is 10.7. The van der Waals surface area contributed by atoms with Gasteiger partial charge in [0.2, 0.25) is 5.91 Å². The van der Waals surface area contributed by atoms with Crippen molar-refractivity contribution < 1.29 is 19.1 Å². The van der Waals surface area contributed by atoms with Crippen LogP contribution >= 0.6 is 11.3 Å². The summed E-state index contributed by atoms with van der Waals surface area (Å²) in [7, 11) is 1.60. The predicted molar refractivity (Wildman–Crippen MR) is 97.4 cm³/mol. The van der Waals surface area contributed by atoms with Gasteiger partial charge in [-0.1, -0.05) is 12.1 Å². The molecule has 1 aromatic heterocycles. The molecule has 0 saturated carbocycles. The lowest BCUT2D eigenvalue weighted by Crippen LogP contribution is -2.29. The third-order valence-corrected chi connectivity index (χ3v) is 4.21. The van der Waals surface area contributed by atoms with Crippen molar-refractivity contribution in [3.05, 3.63) is 46.7 Å². The zero-order valence-corrected chi connectivity index (χ0v) is 14.9. The molecule has 0 spiro atoms. The number of nitrogens with one attached hydrogen (secondary N) is 2. The van der Waals surface area contributed by atoms with E-state index in [0.29, 0.717) is 43.2 Å². The second kappa shape index (κ2) is 10.4. The minimum Gasteiger partial charge on any atom is -0.497 e. The third kappa shape index (κ3) is 6.84. The Balaban J connectivity index is 1.53. The number of hydrogen-bond acceptors (Lipinski definition) is 5. The van der Waals surface area contributed by atoms with Crippen LogP contribution in [0.3, 0.4) is 0 Å². The maximum absolute atomic E-state index is 11.7. The number of carbonyl (C=O) groups is 2. The molecule has 0 bridgehead atoms. The van der Waals surface area contributed by atoms with E-state index in [4.69, 9.17) is 9.47 Å². The minimum atomic E-state index is -0.0953. The van der Waals surface area contributed by atoms with Gasteiger partial charge in [-0.3, -0.25) is 9.59 Å². The Morgan fingerprint density at radius 2 is 1.92 bits per heavy atom.